The average Bonchev–Trinajstić information content (AvgIpc) is 2.00. The third-order valence-corrected chi connectivity index (χ3v) is 0.919. The van der Waals surface area contributed by atoms with E-state index in [1.165, 1.54) is 0 Å². The van der Waals surface area contributed by atoms with E-state index in [1.54, 1.807) is 6.92 Å². The summed E-state index contributed by atoms with van der Waals surface area (Å²) in [5.41, 5.74) is 15.2. The summed E-state index contributed by atoms with van der Waals surface area (Å²) in [5.74, 6) is -0.825. The lowest BCUT2D eigenvalue weighted by Gasteiger charge is -1.97. The molecule has 74 valence electrons. The molecule has 0 amide bonds. The first-order chi connectivity index (χ1) is 6.06. The van der Waals surface area contributed by atoms with E-state index in [1.807, 2.05) is 0 Å². The van der Waals surface area contributed by atoms with Crippen LogP contribution in [-0.2, 0) is 9.53 Å². The number of rotatable bonds is 3. The van der Waals surface area contributed by atoms with Crippen molar-refractivity contribution in [3.05, 3.63) is 0 Å². The zero-order valence-electron chi connectivity index (χ0n) is 7.36. The van der Waals surface area contributed by atoms with Crippen molar-refractivity contribution in [3.63, 3.8) is 0 Å². The van der Waals surface area contributed by atoms with Crippen molar-refractivity contribution < 1.29 is 9.53 Å². The number of esters is 1. The van der Waals surface area contributed by atoms with Crippen molar-refractivity contribution in [2.75, 3.05) is 13.2 Å². The van der Waals surface area contributed by atoms with Gasteiger partial charge >= 0.3 is 5.97 Å². The standard InChI is InChI=1S/C6H13N5O2/c1-2-13-4(12)3-10-6(9)11-5(7)8/h2-3H2,1H3,(H6,7,8,9,10,11). The van der Waals surface area contributed by atoms with Crippen molar-refractivity contribution in [2.45, 2.75) is 6.92 Å². The van der Waals surface area contributed by atoms with Gasteiger partial charge in [0.2, 0.25) is 5.96 Å². The quantitative estimate of drug-likeness (QED) is 0.271. The number of carbonyl (C=O) groups excluding carboxylic acids is 1. The second-order valence-electron chi connectivity index (χ2n) is 2.02. The second kappa shape index (κ2) is 5.81. The number of hydrogen-bond acceptors (Lipinski definition) is 3. The second-order valence-corrected chi connectivity index (χ2v) is 2.02. The Labute approximate surface area is 75.6 Å². The minimum atomic E-state index is -0.476. The highest BCUT2D eigenvalue weighted by Gasteiger charge is 1.98. The van der Waals surface area contributed by atoms with Crippen LogP contribution >= 0.6 is 0 Å². The van der Waals surface area contributed by atoms with E-state index in [0.717, 1.165) is 0 Å². The van der Waals surface area contributed by atoms with Gasteiger partial charge in [-0.2, -0.15) is 4.99 Å². The molecule has 0 aromatic carbocycles. The summed E-state index contributed by atoms with van der Waals surface area (Å²) in [5, 5.41) is 0. The molecule has 0 rings (SSSR count). The topological polar surface area (TPSA) is 129 Å². The maximum atomic E-state index is 10.7. The summed E-state index contributed by atoms with van der Waals surface area (Å²) < 4.78 is 4.58. The summed E-state index contributed by atoms with van der Waals surface area (Å²) in [6.07, 6.45) is 0. The Morgan fingerprint density at radius 2 is 2.00 bits per heavy atom. The van der Waals surface area contributed by atoms with Gasteiger partial charge in [0.25, 0.3) is 0 Å². The van der Waals surface area contributed by atoms with Crippen LogP contribution in [0, 0.1) is 0 Å². The van der Waals surface area contributed by atoms with E-state index >= 15 is 0 Å². The Morgan fingerprint density at radius 1 is 1.38 bits per heavy atom. The fraction of sp³-hybridized carbons (Fsp3) is 0.500. The van der Waals surface area contributed by atoms with Crippen LogP contribution in [0.15, 0.2) is 9.98 Å². The molecule has 0 aliphatic carbocycles. The number of guanidine groups is 2. The Morgan fingerprint density at radius 3 is 2.46 bits per heavy atom. The lowest BCUT2D eigenvalue weighted by Crippen LogP contribution is -2.26. The zero-order valence-corrected chi connectivity index (χ0v) is 7.36. The number of ether oxygens (including phenoxy) is 1. The first-order valence-corrected chi connectivity index (χ1v) is 3.61. The van der Waals surface area contributed by atoms with E-state index in [9.17, 15) is 4.79 Å². The van der Waals surface area contributed by atoms with Gasteiger partial charge in [-0.3, -0.25) is 4.79 Å². The summed E-state index contributed by atoms with van der Waals surface area (Å²) in [6, 6.07) is 0. The third kappa shape index (κ3) is 6.60. The molecule has 0 atom stereocenters. The highest BCUT2D eigenvalue weighted by atomic mass is 16.5. The molecule has 0 aliphatic rings. The Hall–Kier alpha value is -1.79. The minimum Gasteiger partial charge on any atom is -0.465 e. The molecule has 0 aliphatic heterocycles. The Balaban J connectivity index is 3.97. The number of aliphatic imine (C=N–C) groups is 2. The van der Waals surface area contributed by atoms with Gasteiger partial charge in [0.15, 0.2) is 5.96 Å². The number of nitrogens with zero attached hydrogens (tertiary/aromatic N) is 2. The first kappa shape index (κ1) is 11.2. The maximum Gasteiger partial charge on any atom is 0.327 e. The van der Waals surface area contributed by atoms with Gasteiger partial charge in [0.1, 0.15) is 6.54 Å². The molecule has 0 aromatic heterocycles. The largest absolute Gasteiger partial charge is 0.465 e. The molecule has 7 heteroatoms. The van der Waals surface area contributed by atoms with Crippen LogP contribution in [0.4, 0.5) is 0 Å². The summed E-state index contributed by atoms with van der Waals surface area (Å²) in [7, 11) is 0. The molecule has 13 heavy (non-hydrogen) atoms. The lowest BCUT2D eigenvalue weighted by molar-refractivity contribution is -0.141. The zero-order chi connectivity index (χ0) is 10.3. The summed E-state index contributed by atoms with van der Waals surface area (Å²) >= 11 is 0. The van der Waals surface area contributed by atoms with E-state index < -0.39 is 5.97 Å². The molecule has 7 nitrogen and oxygen atoms in total. The van der Waals surface area contributed by atoms with E-state index in [4.69, 9.17) is 17.2 Å². The van der Waals surface area contributed by atoms with E-state index in [2.05, 4.69) is 14.7 Å². The van der Waals surface area contributed by atoms with Crippen LogP contribution in [0.1, 0.15) is 6.92 Å². The first-order valence-electron chi connectivity index (χ1n) is 3.61. The van der Waals surface area contributed by atoms with Gasteiger partial charge in [-0.15, -0.1) is 0 Å². The number of hydrogen-bond donors (Lipinski definition) is 3. The average molecular weight is 187 g/mol. The van der Waals surface area contributed by atoms with Crippen molar-refractivity contribution in [3.8, 4) is 0 Å². The smallest absolute Gasteiger partial charge is 0.327 e. The predicted octanol–water partition coefficient (Wildman–Crippen LogP) is -1.86. The molecule has 6 N–H and O–H groups in total. The molecule has 0 radical (unpaired) electrons. The molecule has 0 fully saturated rings. The van der Waals surface area contributed by atoms with Crippen LogP contribution in [0.2, 0.25) is 0 Å². The van der Waals surface area contributed by atoms with Crippen LogP contribution in [0.25, 0.3) is 0 Å². The van der Waals surface area contributed by atoms with Gasteiger partial charge in [0.05, 0.1) is 6.61 Å². The molecule has 0 unspecified atom stereocenters. The van der Waals surface area contributed by atoms with Crippen molar-refractivity contribution in [1.82, 2.24) is 0 Å². The van der Waals surface area contributed by atoms with Crippen LogP contribution in [0.3, 0.4) is 0 Å². The van der Waals surface area contributed by atoms with Gasteiger partial charge < -0.3 is 21.9 Å². The Kier molecular flexibility index (Phi) is 5.01. The summed E-state index contributed by atoms with van der Waals surface area (Å²) in [4.78, 5) is 17.7. The number of nitrogens with two attached hydrogens (primary N) is 3. The van der Waals surface area contributed by atoms with Crippen molar-refractivity contribution in [1.29, 1.82) is 0 Å². The Bertz CT molecular complexity index is 231. The highest BCUT2D eigenvalue weighted by molar-refractivity contribution is 5.93. The fourth-order valence-corrected chi connectivity index (χ4v) is 0.520. The molecule has 0 saturated heterocycles. The van der Waals surface area contributed by atoms with Crippen LogP contribution in [0.5, 0.6) is 0 Å². The van der Waals surface area contributed by atoms with Gasteiger partial charge in [0, 0.05) is 0 Å². The maximum absolute atomic E-state index is 10.7. The van der Waals surface area contributed by atoms with Gasteiger partial charge in [-0.05, 0) is 6.92 Å². The SMILES string of the molecule is CCOC(=O)CN=C(N)N=C(N)N. The van der Waals surface area contributed by atoms with Gasteiger partial charge in [-0.25, -0.2) is 4.99 Å². The van der Waals surface area contributed by atoms with Crippen LogP contribution < -0.4 is 17.2 Å². The molecule has 0 aromatic rings. The van der Waals surface area contributed by atoms with Crippen LogP contribution in [-0.4, -0.2) is 31.0 Å². The highest BCUT2D eigenvalue weighted by Crippen LogP contribution is 1.80. The molecule has 0 bridgehead atoms. The van der Waals surface area contributed by atoms with Crippen molar-refractivity contribution in [2.24, 2.45) is 27.2 Å². The van der Waals surface area contributed by atoms with Crippen molar-refractivity contribution >= 4 is 17.9 Å². The molecular weight excluding hydrogens is 174 g/mol. The van der Waals surface area contributed by atoms with E-state index in [0.29, 0.717) is 6.61 Å². The molecule has 0 heterocycles. The third-order valence-electron chi connectivity index (χ3n) is 0.919. The monoisotopic (exact) mass is 187 g/mol. The normalized spacial score (nSPS) is 10.7. The predicted molar refractivity (Wildman–Crippen MR) is 48.9 cm³/mol. The summed E-state index contributed by atoms with van der Waals surface area (Å²) in [6.45, 7) is 1.81. The fourth-order valence-electron chi connectivity index (χ4n) is 0.520. The lowest BCUT2D eigenvalue weighted by atomic mass is 10.6. The van der Waals surface area contributed by atoms with E-state index in [-0.39, 0.29) is 18.5 Å². The van der Waals surface area contributed by atoms with Gasteiger partial charge in [-0.1, -0.05) is 0 Å². The molecule has 0 saturated carbocycles. The molecular formula is C6H13N5O2. The molecule has 0 spiro atoms. The minimum absolute atomic E-state index is 0.145. The number of carbonyl (C=O) groups is 1.